The molecule has 0 radical (unpaired) electrons. The third-order valence-electron chi connectivity index (χ3n) is 9.00. The smallest absolute Gasteiger partial charge is 0.367 e. The minimum absolute atomic E-state index is 0.00541. The van der Waals surface area contributed by atoms with Crippen molar-refractivity contribution in [2.24, 2.45) is 10.3 Å². The van der Waals surface area contributed by atoms with Gasteiger partial charge in [0, 0.05) is 44.1 Å². The molecule has 2 unspecified atom stereocenters. The Kier molecular flexibility index (Phi) is 13.0. The number of rotatable bonds is 8. The first-order valence-electron chi connectivity index (χ1n) is 17.0. The van der Waals surface area contributed by atoms with Gasteiger partial charge in [0.1, 0.15) is 5.60 Å². The number of carbonyl (C=O) groups is 2. The average Bonchev–Trinajstić information content (AvgIpc) is 3.75. The third-order valence-corrected chi connectivity index (χ3v) is 10.5. The first-order valence-corrected chi connectivity index (χ1v) is 19.3. The normalized spacial score (nSPS) is 19.3. The number of oxime groups is 2. The van der Waals surface area contributed by atoms with Crippen LogP contribution in [0.15, 0.2) is 83.1 Å². The number of halogens is 10. The van der Waals surface area contributed by atoms with Gasteiger partial charge in [-0.2, -0.15) is 17.6 Å². The molecule has 0 bridgehead atoms. The van der Waals surface area contributed by atoms with Crippen molar-refractivity contribution < 1.29 is 46.7 Å². The summed E-state index contributed by atoms with van der Waals surface area (Å²) in [6, 6.07) is 17.3. The Morgan fingerprint density at radius 3 is 1.33 bits per heavy atom. The summed E-state index contributed by atoms with van der Waals surface area (Å²) in [7, 11) is 0. The van der Waals surface area contributed by atoms with E-state index in [2.05, 4.69) is 10.3 Å². The first-order chi connectivity index (χ1) is 26.7. The van der Waals surface area contributed by atoms with E-state index in [-0.39, 0.29) is 61.0 Å². The molecule has 8 nitrogen and oxygen atoms in total. The van der Waals surface area contributed by atoms with E-state index in [1.54, 1.807) is 58.9 Å². The number of aromatic carboxylic acids is 1. The molecule has 0 aliphatic carbocycles. The Labute approximate surface area is 360 Å². The topological polar surface area (TPSA) is 107 Å². The van der Waals surface area contributed by atoms with Gasteiger partial charge < -0.3 is 19.5 Å². The van der Waals surface area contributed by atoms with E-state index in [4.69, 9.17) is 89.1 Å². The zero-order chi connectivity index (χ0) is 43.2. The maximum Gasteiger partial charge on any atom is 0.367 e. The van der Waals surface area contributed by atoms with Crippen LogP contribution < -0.4 is 0 Å². The van der Waals surface area contributed by atoms with Crippen LogP contribution in [0.3, 0.4) is 0 Å². The molecule has 1 N–H and O–H groups in total. The van der Waals surface area contributed by atoms with E-state index < -0.39 is 39.5 Å². The van der Waals surface area contributed by atoms with E-state index >= 15 is 0 Å². The number of nitrogens with zero attached hydrogens (tertiary/aromatic N) is 2. The number of alkyl halides is 6. The number of hydrogen-bond donors (Lipinski definition) is 1. The van der Waals surface area contributed by atoms with Crippen LogP contribution in [0.1, 0.15) is 87.7 Å². The van der Waals surface area contributed by atoms with Gasteiger partial charge in [0.15, 0.2) is 0 Å². The van der Waals surface area contributed by atoms with Gasteiger partial charge in [-0.05, 0) is 141 Å². The lowest BCUT2D eigenvalue weighted by Gasteiger charge is -2.31. The van der Waals surface area contributed by atoms with Crippen LogP contribution in [-0.4, -0.2) is 44.8 Å². The van der Waals surface area contributed by atoms with Crippen molar-refractivity contribution in [3.8, 4) is 0 Å². The monoisotopic (exact) mass is 922 g/mol. The average molecular weight is 925 g/mol. The standard InChI is InChI=1S/C22H20Cl3F2NO3.C18H12Cl3F2NO3/c1-12-7-13(5-6-17(12)19(29)30-20(2,3)4)18-11-21(31-28-18,22(25,26)27)14-8-15(23)10-16(24)9-14;1-9-4-10(2-3-14(9)16(25)26)15-8-17(27-24-15,18(21,22)23)11-5-12(19)7-13(20)6-11/h5-10H,11H2,1-4H3;2-7H,8H2,1H3,(H,25,26). The van der Waals surface area contributed by atoms with Crippen LogP contribution in [0, 0.1) is 13.8 Å². The van der Waals surface area contributed by atoms with Crippen LogP contribution >= 0.6 is 69.6 Å². The van der Waals surface area contributed by atoms with Gasteiger partial charge in [-0.25, -0.2) is 9.59 Å². The molecule has 0 fully saturated rings. The number of carboxylic acid groups (broad SMARTS) is 1. The maximum atomic E-state index is 14.5. The first kappa shape index (κ1) is 45.3. The summed E-state index contributed by atoms with van der Waals surface area (Å²) in [4.78, 5) is 33.9. The molecule has 0 aromatic heterocycles. The maximum absolute atomic E-state index is 14.5. The molecule has 18 heteroatoms. The highest BCUT2D eigenvalue weighted by Gasteiger charge is 2.61. The Morgan fingerprint density at radius 2 is 1.02 bits per heavy atom. The van der Waals surface area contributed by atoms with Crippen molar-refractivity contribution in [2.75, 3.05) is 0 Å². The minimum atomic E-state index is -3.82. The molecule has 0 saturated carbocycles. The minimum Gasteiger partial charge on any atom is -0.478 e. The molecule has 2 atom stereocenters. The highest BCUT2D eigenvalue weighted by atomic mass is 35.5. The summed E-state index contributed by atoms with van der Waals surface area (Å²) >= 11 is 34.7. The van der Waals surface area contributed by atoms with Gasteiger partial charge in [-0.1, -0.05) is 68.8 Å². The van der Waals surface area contributed by atoms with Gasteiger partial charge in [-0.3, -0.25) is 0 Å². The summed E-state index contributed by atoms with van der Waals surface area (Å²) in [5, 5.41) is 9.80. The predicted octanol–water partition coefficient (Wildman–Crippen LogP) is 13.0. The molecular weight excluding hydrogens is 893 g/mol. The van der Waals surface area contributed by atoms with Crippen molar-refractivity contribution in [1.82, 2.24) is 0 Å². The molecule has 0 saturated heterocycles. The van der Waals surface area contributed by atoms with Gasteiger partial charge >= 0.3 is 22.7 Å². The van der Waals surface area contributed by atoms with Crippen molar-refractivity contribution in [2.45, 2.75) is 75.0 Å². The lowest BCUT2D eigenvalue weighted by atomic mass is 9.86. The Bertz CT molecular complexity index is 2300. The molecule has 0 amide bonds. The molecule has 0 spiro atoms. The van der Waals surface area contributed by atoms with Crippen molar-refractivity contribution >= 4 is 93.0 Å². The van der Waals surface area contributed by atoms with Crippen molar-refractivity contribution in [1.29, 1.82) is 0 Å². The molecule has 2 aliphatic rings. The van der Waals surface area contributed by atoms with Gasteiger partial charge in [0.2, 0.25) is 11.2 Å². The molecule has 4 aromatic carbocycles. The van der Waals surface area contributed by atoms with Crippen LogP contribution in [-0.2, 0) is 25.6 Å². The summed E-state index contributed by atoms with van der Waals surface area (Å²) in [5.41, 5.74) is -2.27. The van der Waals surface area contributed by atoms with Crippen molar-refractivity contribution in [3.63, 3.8) is 0 Å². The Morgan fingerprint density at radius 1 is 0.655 bits per heavy atom. The number of esters is 1. The van der Waals surface area contributed by atoms with E-state index in [0.717, 1.165) is 0 Å². The molecule has 6 rings (SSSR count). The van der Waals surface area contributed by atoms with Crippen molar-refractivity contribution in [3.05, 3.63) is 137 Å². The fourth-order valence-corrected chi connectivity index (χ4v) is 7.65. The second-order valence-corrected chi connectivity index (χ2v) is 17.1. The Balaban J connectivity index is 0.000000223. The highest BCUT2D eigenvalue weighted by Crippen LogP contribution is 2.52. The quantitative estimate of drug-likeness (QED) is 0.107. The largest absolute Gasteiger partial charge is 0.478 e. The molecule has 58 heavy (non-hydrogen) atoms. The van der Waals surface area contributed by atoms with Crippen LogP contribution in [0.5, 0.6) is 0 Å². The van der Waals surface area contributed by atoms with E-state index in [1.807, 2.05) is 0 Å². The van der Waals surface area contributed by atoms with E-state index in [9.17, 15) is 27.2 Å². The summed E-state index contributed by atoms with van der Waals surface area (Å²) < 4.78 is 63.2. The Hall–Kier alpha value is -3.78. The number of aryl methyl sites for hydroxylation is 2. The molecule has 2 heterocycles. The van der Waals surface area contributed by atoms with Gasteiger partial charge in [0.05, 0.1) is 22.6 Å². The highest BCUT2D eigenvalue weighted by molar-refractivity contribution is 6.35. The van der Waals surface area contributed by atoms with Gasteiger partial charge in [-0.15, -0.1) is 0 Å². The summed E-state index contributed by atoms with van der Waals surface area (Å²) in [6.45, 7) is 8.64. The lowest BCUT2D eigenvalue weighted by molar-refractivity contribution is -0.155. The third kappa shape index (κ3) is 9.64. The number of ether oxygens (including phenoxy) is 1. The number of hydrogen-bond acceptors (Lipinski definition) is 7. The zero-order valence-corrected chi connectivity index (χ0v) is 35.5. The fraction of sp³-hybridized carbons (Fsp3) is 0.300. The summed E-state index contributed by atoms with van der Waals surface area (Å²) in [6.07, 6.45) is -0.683. The van der Waals surface area contributed by atoms with Crippen LogP contribution in [0.2, 0.25) is 20.1 Å². The second kappa shape index (κ2) is 16.7. The lowest BCUT2D eigenvalue weighted by Crippen LogP contribution is -2.42. The molecule has 4 aromatic rings. The van der Waals surface area contributed by atoms with E-state index in [1.165, 1.54) is 48.5 Å². The molecular formula is C40H32Cl6F4N2O6. The van der Waals surface area contributed by atoms with Crippen LogP contribution in [0.4, 0.5) is 17.6 Å². The molecule has 308 valence electrons. The van der Waals surface area contributed by atoms with Gasteiger partial charge in [0.25, 0.3) is 0 Å². The second-order valence-electron chi connectivity index (χ2n) is 14.4. The SMILES string of the molecule is Cc1cc(C2=NOC(c3cc(Cl)cc(Cl)c3)(C(F)(F)Cl)C2)ccc1C(=O)O.Cc1cc(C2=NOC(c3cc(Cl)cc(Cl)c3)(C(F)(F)Cl)C2)ccc1C(=O)OC(C)(C)C. The van der Waals surface area contributed by atoms with Crippen LogP contribution in [0.25, 0.3) is 0 Å². The fourth-order valence-electron chi connectivity index (χ4n) is 6.18. The molecule has 2 aliphatic heterocycles. The predicted molar refractivity (Wildman–Crippen MR) is 217 cm³/mol. The number of carbonyl (C=O) groups excluding carboxylic acids is 1. The summed E-state index contributed by atoms with van der Waals surface area (Å²) in [5.74, 6) is -1.56. The number of benzene rings is 4. The zero-order valence-electron chi connectivity index (χ0n) is 31.0. The van der Waals surface area contributed by atoms with E-state index in [0.29, 0.717) is 27.8 Å². The number of carboxylic acids is 1.